The van der Waals surface area contributed by atoms with Gasteiger partial charge in [-0.2, -0.15) is 38.4 Å². The first-order chi connectivity index (χ1) is 28.7. The van der Waals surface area contributed by atoms with E-state index in [0.29, 0.717) is 0 Å². The second-order valence-electron chi connectivity index (χ2n) is 13.5. The zero-order valence-corrected chi connectivity index (χ0v) is 33.9. The summed E-state index contributed by atoms with van der Waals surface area (Å²) in [4.78, 5) is 24.4. The molecular formula is C24H40N2O33S4. The molecule has 0 unspecified atom stereocenters. The summed E-state index contributed by atoms with van der Waals surface area (Å²) in [7, 11) is -21.9. The predicted octanol–water partition coefficient (Wildman–Crippen LogP) is -10.7. The van der Waals surface area contributed by atoms with Gasteiger partial charge in [-0.3, -0.25) is 18.2 Å². The Morgan fingerprint density at radius 3 is 1.56 bits per heavy atom. The van der Waals surface area contributed by atoms with Gasteiger partial charge in [0.05, 0.1) is 19.3 Å². The van der Waals surface area contributed by atoms with Crippen molar-refractivity contribution in [3.05, 3.63) is 0 Å². The SMILES string of the molecule is N[C@H]1[C@@H](O[C@H]2[C@H](O)[C@@H](OS(=O)(=O)O)[C@H](O)O[C@H]2C(=O)O)O[C@H](CO)[C@@H](O[C@@H]2O[C@H](C(=O)O)[C@@H](O[C@H]3O[C@H](COS(=O)(=O)O)[C@@H](O)[C@H](O)[C@H]3NS(=O)(=O)O)[C@H](O)[C@H]2O)[C@@H]1OS(=O)(=O)O. The van der Waals surface area contributed by atoms with E-state index in [-0.39, 0.29) is 0 Å². The molecule has 4 saturated heterocycles. The molecule has 368 valence electrons. The average Bonchev–Trinajstić information content (AvgIpc) is 3.13. The van der Waals surface area contributed by atoms with Crippen molar-refractivity contribution in [3.63, 3.8) is 0 Å². The number of carbonyl (C=O) groups is 2. The summed E-state index contributed by atoms with van der Waals surface area (Å²) in [6.07, 6.45) is -44.4. The molecule has 35 nitrogen and oxygen atoms in total. The smallest absolute Gasteiger partial charge is 0.397 e. The third kappa shape index (κ3) is 13.7. The van der Waals surface area contributed by atoms with Gasteiger partial charge < -0.3 is 84.9 Å². The summed E-state index contributed by atoms with van der Waals surface area (Å²) in [5.74, 6) is -4.17. The molecule has 4 fully saturated rings. The minimum absolute atomic E-state index is 1.35. The number of aliphatic hydroxyl groups is 7. The van der Waals surface area contributed by atoms with Gasteiger partial charge >= 0.3 is 53.4 Å². The van der Waals surface area contributed by atoms with Crippen LogP contribution in [0.5, 0.6) is 0 Å². The van der Waals surface area contributed by atoms with Crippen LogP contribution in [0.4, 0.5) is 0 Å². The van der Waals surface area contributed by atoms with Crippen LogP contribution in [-0.2, 0) is 96.8 Å². The number of carboxylic acids is 2. The molecule has 0 bridgehead atoms. The molecule has 0 aromatic carbocycles. The molecule has 16 N–H and O–H groups in total. The lowest BCUT2D eigenvalue weighted by molar-refractivity contribution is -0.367. The summed E-state index contributed by atoms with van der Waals surface area (Å²) in [6.45, 7) is -2.73. The van der Waals surface area contributed by atoms with Gasteiger partial charge in [-0.05, 0) is 0 Å². The Morgan fingerprint density at radius 2 is 1.05 bits per heavy atom. The van der Waals surface area contributed by atoms with Gasteiger partial charge in [0.2, 0.25) is 0 Å². The Balaban J connectivity index is 1.64. The molecule has 39 heteroatoms. The number of nitrogens with two attached hydrogens (primary N) is 1. The number of rotatable bonds is 18. The third-order valence-electron chi connectivity index (χ3n) is 9.15. The molecule has 0 radical (unpaired) electrons. The first kappa shape index (κ1) is 53.4. The van der Waals surface area contributed by atoms with E-state index in [2.05, 4.69) is 12.5 Å². The molecular weight excluding hydrogens is 973 g/mol. The fraction of sp³-hybridized carbons (Fsp3) is 0.917. The number of aliphatic hydroxyl groups excluding tert-OH is 7. The highest BCUT2D eigenvalue weighted by Crippen LogP contribution is 2.36. The quantitative estimate of drug-likeness (QED) is 0.0567. The second-order valence-corrected chi connectivity index (χ2v) is 17.8. The van der Waals surface area contributed by atoms with Gasteiger partial charge in [0.1, 0.15) is 73.2 Å². The van der Waals surface area contributed by atoms with Crippen molar-refractivity contribution in [1.82, 2.24) is 4.72 Å². The summed E-state index contributed by atoms with van der Waals surface area (Å²) in [5.41, 5.74) is 6.05. The van der Waals surface area contributed by atoms with Gasteiger partial charge in [-0.25, -0.2) is 22.1 Å². The molecule has 0 aliphatic carbocycles. The Hall–Kier alpha value is -2.18. The van der Waals surface area contributed by atoms with E-state index >= 15 is 0 Å². The molecule has 4 aliphatic heterocycles. The first-order valence-corrected chi connectivity index (χ1v) is 22.4. The van der Waals surface area contributed by atoms with Crippen molar-refractivity contribution in [2.24, 2.45) is 5.73 Å². The van der Waals surface area contributed by atoms with E-state index in [1.54, 1.807) is 0 Å². The van der Waals surface area contributed by atoms with Crippen LogP contribution in [0.25, 0.3) is 0 Å². The van der Waals surface area contributed by atoms with Crippen molar-refractivity contribution in [2.45, 2.75) is 123 Å². The fourth-order valence-corrected chi connectivity index (χ4v) is 8.36. The maximum atomic E-state index is 12.4. The van der Waals surface area contributed by atoms with Gasteiger partial charge in [0.15, 0.2) is 43.5 Å². The van der Waals surface area contributed by atoms with Crippen LogP contribution in [0, 0.1) is 0 Å². The van der Waals surface area contributed by atoms with Crippen molar-refractivity contribution >= 4 is 53.4 Å². The molecule has 0 aromatic rings. The average molecular weight is 1010 g/mol. The topological polar surface area (TPSA) is 564 Å². The highest BCUT2D eigenvalue weighted by molar-refractivity contribution is 7.83. The zero-order chi connectivity index (χ0) is 47.9. The molecule has 63 heavy (non-hydrogen) atoms. The fourth-order valence-electron chi connectivity index (χ4n) is 6.46. The maximum absolute atomic E-state index is 12.4. The Morgan fingerprint density at radius 1 is 0.556 bits per heavy atom. The first-order valence-electron chi connectivity index (χ1n) is 16.9. The van der Waals surface area contributed by atoms with Crippen LogP contribution in [0.3, 0.4) is 0 Å². The molecule has 0 amide bonds. The zero-order valence-electron chi connectivity index (χ0n) is 30.7. The largest absolute Gasteiger partial charge is 0.479 e. The molecule has 4 heterocycles. The van der Waals surface area contributed by atoms with E-state index in [1.807, 2.05) is 0 Å². The van der Waals surface area contributed by atoms with Crippen LogP contribution in [-0.4, -0.2) is 246 Å². The van der Waals surface area contributed by atoms with Crippen LogP contribution < -0.4 is 10.5 Å². The lowest BCUT2D eigenvalue weighted by Crippen LogP contribution is -2.70. The number of hydrogen-bond acceptors (Lipinski definition) is 28. The molecule has 0 aromatic heterocycles. The minimum Gasteiger partial charge on any atom is -0.479 e. The Kier molecular flexibility index (Phi) is 17.3. The van der Waals surface area contributed by atoms with Gasteiger partial charge in [-0.15, -0.1) is 0 Å². The summed E-state index contributed by atoms with van der Waals surface area (Å²) in [5, 5.41) is 93.8. The van der Waals surface area contributed by atoms with Crippen molar-refractivity contribution < 1.29 is 153 Å². The van der Waals surface area contributed by atoms with Crippen LogP contribution >= 0.6 is 0 Å². The van der Waals surface area contributed by atoms with Crippen LogP contribution in [0.15, 0.2) is 0 Å². The van der Waals surface area contributed by atoms with Gasteiger partial charge in [0.25, 0.3) is 0 Å². The number of carboxylic acid groups (broad SMARTS) is 2. The third-order valence-corrected chi connectivity index (χ3v) is 11.1. The Bertz CT molecular complexity index is 2060. The van der Waals surface area contributed by atoms with E-state index < -0.39 is 189 Å². The summed E-state index contributed by atoms with van der Waals surface area (Å²) in [6, 6.07) is -4.65. The number of nitrogens with one attached hydrogen (secondary N) is 1. The van der Waals surface area contributed by atoms with Gasteiger partial charge in [-0.1, -0.05) is 0 Å². The molecule has 0 saturated carbocycles. The highest BCUT2D eigenvalue weighted by atomic mass is 32.3. The molecule has 4 aliphatic rings. The van der Waals surface area contributed by atoms with Crippen molar-refractivity contribution in [3.8, 4) is 0 Å². The molecule has 4 rings (SSSR count). The predicted molar refractivity (Wildman–Crippen MR) is 181 cm³/mol. The van der Waals surface area contributed by atoms with E-state index in [9.17, 15) is 98.3 Å². The monoisotopic (exact) mass is 1010 g/mol. The van der Waals surface area contributed by atoms with Crippen molar-refractivity contribution in [1.29, 1.82) is 0 Å². The molecule has 20 atom stereocenters. The second kappa shape index (κ2) is 20.4. The number of aliphatic carboxylic acids is 2. The summed E-state index contributed by atoms with van der Waals surface area (Å²) < 4.78 is 180. The lowest BCUT2D eigenvalue weighted by atomic mass is 9.94. The normalized spacial score (nSPS) is 42.1. The van der Waals surface area contributed by atoms with Crippen LogP contribution in [0.2, 0.25) is 0 Å². The van der Waals surface area contributed by atoms with Crippen LogP contribution in [0.1, 0.15) is 0 Å². The number of hydrogen-bond donors (Lipinski definition) is 15. The molecule has 0 spiro atoms. The lowest BCUT2D eigenvalue weighted by Gasteiger charge is -2.49. The Labute approximate surface area is 352 Å². The number of ether oxygens (including phenoxy) is 7. The van der Waals surface area contributed by atoms with Crippen molar-refractivity contribution in [2.75, 3.05) is 13.2 Å². The van der Waals surface area contributed by atoms with Gasteiger partial charge in [0, 0.05) is 0 Å². The summed E-state index contributed by atoms with van der Waals surface area (Å²) >= 11 is 0. The van der Waals surface area contributed by atoms with E-state index in [1.165, 1.54) is 4.72 Å². The highest BCUT2D eigenvalue weighted by Gasteiger charge is 2.58. The standard InChI is InChI=1S/C24H40N2O33S4/c25-5-13(58-62(44,45)46)12(3(1-27)51-22(5)55-15-11(32)16(59-63(47,48)49)21(37)53-17(15)19(33)34)54-24-10(31)9(30)14(18(57-24)20(35)36)56-23-6(26-60(38,39)40)8(29)7(28)4(52-23)2-50-61(41,42)43/h3-18,21-24,26-32,37H,1-2,25H2,(H,33,34)(H,35,36)(H,38,39,40)(H,41,42,43)(H,44,45,46)(H,47,48,49)/t3-,4-,5-,6-,7-,8-,9-,10-,11+,12-,13-,14+,15+,16-,17-,18+,21-,22-,23-,24-/m1/s1. The van der Waals surface area contributed by atoms with E-state index in [4.69, 9.17) is 48.0 Å². The van der Waals surface area contributed by atoms with E-state index in [0.717, 1.165) is 0 Å². The maximum Gasteiger partial charge on any atom is 0.397 e. The minimum atomic E-state index is -5.72.